The van der Waals surface area contributed by atoms with Gasteiger partial charge < -0.3 is 10.0 Å². The number of thiophene rings is 1. The van der Waals surface area contributed by atoms with Gasteiger partial charge in [-0.15, -0.1) is 0 Å². The Balaban J connectivity index is 1.44. The van der Waals surface area contributed by atoms with Crippen LogP contribution in [0.5, 0.6) is 0 Å². The predicted molar refractivity (Wildman–Crippen MR) is 116 cm³/mol. The third-order valence-electron chi connectivity index (χ3n) is 5.64. The largest absolute Gasteiger partial charge is 0.394 e. The Hall–Kier alpha value is -2.77. The SMILES string of the molecule is OCCn1nccc1C1CCN(c2nc(-c3ccsc3)nc3ccccc23)CC1. The van der Waals surface area contributed by atoms with Crippen LogP contribution in [-0.4, -0.2) is 44.6 Å². The second kappa shape index (κ2) is 7.93. The van der Waals surface area contributed by atoms with Gasteiger partial charge in [-0.2, -0.15) is 16.4 Å². The van der Waals surface area contributed by atoms with E-state index < -0.39 is 0 Å². The second-order valence-electron chi connectivity index (χ2n) is 7.36. The van der Waals surface area contributed by atoms with Crippen molar-refractivity contribution in [3.05, 3.63) is 59.0 Å². The van der Waals surface area contributed by atoms with Crippen LogP contribution < -0.4 is 4.90 Å². The lowest BCUT2D eigenvalue weighted by molar-refractivity contribution is 0.265. The van der Waals surface area contributed by atoms with Crippen LogP contribution in [0.25, 0.3) is 22.3 Å². The highest BCUT2D eigenvalue weighted by Gasteiger charge is 2.25. The lowest BCUT2D eigenvalue weighted by Crippen LogP contribution is -2.34. The Morgan fingerprint density at radius 1 is 1.07 bits per heavy atom. The van der Waals surface area contributed by atoms with E-state index in [0.717, 1.165) is 54.0 Å². The first-order chi connectivity index (χ1) is 14.3. The molecule has 3 aromatic heterocycles. The minimum absolute atomic E-state index is 0.117. The Labute approximate surface area is 173 Å². The van der Waals surface area contributed by atoms with E-state index in [2.05, 4.69) is 51.1 Å². The zero-order chi connectivity index (χ0) is 19.6. The Kier molecular flexibility index (Phi) is 4.99. The molecule has 1 fully saturated rings. The number of rotatable bonds is 5. The van der Waals surface area contributed by atoms with Gasteiger partial charge >= 0.3 is 0 Å². The number of hydrogen-bond donors (Lipinski definition) is 1. The van der Waals surface area contributed by atoms with Crippen LogP contribution in [0, 0.1) is 0 Å². The average molecular weight is 406 g/mol. The molecule has 1 aromatic carbocycles. The van der Waals surface area contributed by atoms with Gasteiger partial charge in [-0.3, -0.25) is 4.68 Å². The number of piperidine rings is 1. The Morgan fingerprint density at radius 3 is 2.72 bits per heavy atom. The van der Waals surface area contributed by atoms with Crippen molar-refractivity contribution >= 4 is 28.1 Å². The van der Waals surface area contributed by atoms with Crippen LogP contribution in [0.1, 0.15) is 24.5 Å². The first-order valence-electron chi connectivity index (χ1n) is 10.0. The van der Waals surface area contributed by atoms with Crippen LogP contribution in [0.3, 0.4) is 0 Å². The van der Waals surface area contributed by atoms with Crippen LogP contribution in [-0.2, 0) is 6.54 Å². The monoisotopic (exact) mass is 405 g/mol. The Bertz CT molecular complexity index is 1100. The van der Waals surface area contributed by atoms with Gasteiger partial charge in [-0.05, 0) is 42.5 Å². The van der Waals surface area contributed by atoms with Crippen LogP contribution in [0.4, 0.5) is 5.82 Å². The molecular formula is C22H23N5OS. The van der Waals surface area contributed by atoms with Gasteiger partial charge in [0.2, 0.25) is 0 Å². The number of anilines is 1. The molecule has 4 aromatic rings. The zero-order valence-electron chi connectivity index (χ0n) is 16.1. The van der Waals surface area contributed by atoms with Gasteiger partial charge in [0.05, 0.1) is 18.7 Å². The standard InChI is InChI=1S/C22H23N5OS/c28-13-12-27-20(5-9-23-27)16-6-10-26(11-7-16)22-18-3-1-2-4-19(18)24-21(25-22)17-8-14-29-15-17/h1-5,8-9,14-16,28H,6-7,10-13H2. The molecule has 4 heterocycles. The fourth-order valence-corrected chi connectivity index (χ4v) is 4.81. The summed E-state index contributed by atoms with van der Waals surface area (Å²) in [5.41, 5.74) is 3.29. The summed E-state index contributed by atoms with van der Waals surface area (Å²) in [6.45, 7) is 2.56. The maximum Gasteiger partial charge on any atom is 0.162 e. The molecule has 0 spiro atoms. The smallest absolute Gasteiger partial charge is 0.162 e. The van der Waals surface area contributed by atoms with Crippen molar-refractivity contribution in [1.29, 1.82) is 0 Å². The lowest BCUT2D eigenvalue weighted by atomic mass is 9.93. The lowest BCUT2D eigenvalue weighted by Gasteiger charge is -2.33. The average Bonchev–Trinajstić information content (AvgIpc) is 3.46. The quantitative estimate of drug-likeness (QED) is 0.545. The molecule has 0 atom stereocenters. The molecule has 0 amide bonds. The van der Waals surface area contributed by atoms with Gasteiger partial charge in [0.25, 0.3) is 0 Å². The highest BCUT2D eigenvalue weighted by Crippen LogP contribution is 2.34. The fourth-order valence-electron chi connectivity index (χ4n) is 4.18. The van der Waals surface area contributed by atoms with Crippen molar-refractivity contribution in [2.45, 2.75) is 25.3 Å². The fraction of sp³-hybridized carbons (Fsp3) is 0.318. The number of aliphatic hydroxyl groups excluding tert-OH is 1. The summed E-state index contributed by atoms with van der Waals surface area (Å²) < 4.78 is 1.94. The summed E-state index contributed by atoms with van der Waals surface area (Å²) in [4.78, 5) is 12.2. The molecule has 0 unspecified atom stereocenters. The van der Waals surface area contributed by atoms with Crippen molar-refractivity contribution in [3.63, 3.8) is 0 Å². The third-order valence-corrected chi connectivity index (χ3v) is 6.32. The molecule has 6 nitrogen and oxygen atoms in total. The molecule has 7 heteroatoms. The van der Waals surface area contributed by atoms with E-state index in [1.165, 1.54) is 5.69 Å². The number of nitrogens with zero attached hydrogens (tertiary/aromatic N) is 5. The van der Waals surface area contributed by atoms with Gasteiger partial charge in [0, 0.05) is 47.2 Å². The molecule has 0 aliphatic carbocycles. The molecule has 1 aliphatic heterocycles. The first kappa shape index (κ1) is 18.3. The summed E-state index contributed by atoms with van der Waals surface area (Å²) in [7, 11) is 0. The van der Waals surface area contributed by atoms with E-state index in [1.54, 1.807) is 11.3 Å². The predicted octanol–water partition coefficient (Wildman–Crippen LogP) is 3.93. The van der Waals surface area contributed by atoms with E-state index in [9.17, 15) is 5.11 Å². The highest BCUT2D eigenvalue weighted by atomic mass is 32.1. The topological polar surface area (TPSA) is 67.1 Å². The molecule has 0 bridgehead atoms. The number of benzene rings is 1. The molecule has 1 N–H and O–H groups in total. The molecule has 0 radical (unpaired) electrons. The molecule has 1 aliphatic rings. The van der Waals surface area contributed by atoms with E-state index >= 15 is 0 Å². The van der Waals surface area contributed by atoms with Crippen molar-refractivity contribution in [2.75, 3.05) is 24.6 Å². The number of aliphatic hydroxyl groups is 1. The number of aromatic nitrogens is 4. The van der Waals surface area contributed by atoms with Crippen LogP contribution in [0.2, 0.25) is 0 Å². The van der Waals surface area contributed by atoms with Crippen molar-refractivity contribution in [3.8, 4) is 11.4 Å². The number of hydrogen-bond acceptors (Lipinski definition) is 6. The van der Waals surface area contributed by atoms with Crippen LogP contribution >= 0.6 is 11.3 Å². The van der Waals surface area contributed by atoms with Crippen molar-refractivity contribution in [1.82, 2.24) is 19.7 Å². The number of fused-ring (bicyclic) bond motifs is 1. The summed E-state index contributed by atoms with van der Waals surface area (Å²) >= 11 is 1.67. The molecule has 29 heavy (non-hydrogen) atoms. The van der Waals surface area contributed by atoms with Gasteiger partial charge in [0.15, 0.2) is 5.82 Å². The van der Waals surface area contributed by atoms with Gasteiger partial charge in [0.1, 0.15) is 5.82 Å². The highest BCUT2D eigenvalue weighted by molar-refractivity contribution is 7.08. The number of para-hydroxylation sites is 1. The minimum atomic E-state index is 0.117. The van der Waals surface area contributed by atoms with Gasteiger partial charge in [-0.25, -0.2) is 9.97 Å². The molecule has 1 saturated heterocycles. The Morgan fingerprint density at radius 2 is 1.93 bits per heavy atom. The molecular weight excluding hydrogens is 382 g/mol. The summed E-state index contributed by atoms with van der Waals surface area (Å²) in [5, 5.41) is 18.9. The van der Waals surface area contributed by atoms with E-state index in [1.807, 2.05) is 16.9 Å². The first-order valence-corrected chi connectivity index (χ1v) is 10.9. The van der Waals surface area contributed by atoms with Crippen molar-refractivity contribution in [2.24, 2.45) is 0 Å². The molecule has 0 saturated carbocycles. The molecule has 148 valence electrons. The maximum atomic E-state index is 9.27. The van der Waals surface area contributed by atoms with Crippen LogP contribution in [0.15, 0.2) is 53.4 Å². The van der Waals surface area contributed by atoms with Crippen molar-refractivity contribution < 1.29 is 5.11 Å². The normalized spacial score (nSPS) is 15.3. The summed E-state index contributed by atoms with van der Waals surface area (Å²) in [5.74, 6) is 2.28. The maximum absolute atomic E-state index is 9.27. The summed E-state index contributed by atoms with van der Waals surface area (Å²) in [6.07, 6.45) is 3.93. The zero-order valence-corrected chi connectivity index (χ0v) is 16.9. The summed E-state index contributed by atoms with van der Waals surface area (Å²) in [6, 6.07) is 12.4. The second-order valence-corrected chi connectivity index (χ2v) is 8.14. The van der Waals surface area contributed by atoms with E-state index in [0.29, 0.717) is 12.5 Å². The van der Waals surface area contributed by atoms with Gasteiger partial charge in [-0.1, -0.05) is 12.1 Å². The molecule has 5 rings (SSSR count). The third kappa shape index (κ3) is 3.52. The minimum Gasteiger partial charge on any atom is -0.394 e. The van der Waals surface area contributed by atoms with E-state index in [4.69, 9.17) is 9.97 Å². The van der Waals surface area contributed by atoms with E-state index in [-0.39, 0.29) is 6.61 Å².